The van der Waals surface area contributed by atoms with Gasteiger partial charge in [0.25, 0.3) is 11.8 Å². The molecule has 2 aromatic carbocycles. The lowest BCUT2D eigenvalue weighted by Gasteiger charge is -2.10. The first kappa shape index (κ1) is 18.0. The topological polar surface area (TPSA) is 76.7 Å². The summed E-state index contributed by atoms with van der Waals surface area (Å²) in [5.74, 6) is -0.590. The number of hydrazine groups is 1. The van der Waals surface area contributed by atoms with Gasteiger partial charge in [0.15, 0.2) is 18.1 Å². The fourth-order valence-corrected chi connectivity index (χ4v) is 1.87. The van der Waals surface area contributed by atoms with Crippen molar-refractivity contribution in [3.05, 3.63) is 66.0 Å². The van der Waals surface area contributed by atoms with Crippen LogP contribution in [-0.4, -0.2) is 25.5 Å². The number of amides is 2. The largest absolute Gasteiger partial charge is 0.493 e. The van der Waals surface area contributed by atoms with Crippen LogP contribution in [0, 0.1) is 5.82 Å². The molecule has 2 rings (SSSR count). The van der Waals surface area contributed by atoms with Crippen LogP contribution in [0.25, 0.3) is 6.08 Å². The van der Waals surface area contributed by atoms with E-state index in [1.165, 1.54) is 37.5 Å². The van der Waals surface area contributed by atoms with Crippen LogP contribution in [0.5, 0.6) is 11.5 Å². The lowest BCUT2D eigenvalue weighted by molar-refractivity contribution is -0.128. The molecule has 0 radical (unpaired) electrons. The number of benzene rings is 2. The number of para-hydroxylation sites is 2. The number of hydrogen-bond acceptors (Lipinski definition) is 4. The summed E-state index contributed by atoms with van der Waals surface area (Å²) in [5.41, 5.74) is 4.94. The Labute approximate surface area is 144 Å². The molecule has 0 aliphatic heterocycles. The standard InChI is InChI=1S/C18H17FN2O4/c1-24-15-7-2-3-8-16(15)25-12-18(23)21-20-17(22)10-9-13-5-4-6-14(19)11-13/h2-11H,12H2,1H3,(H,20,22)(H,21,23)/b10-9+. The maximum atomic E-state index is 13.0. The van der Waals surface area contributed by atoms with Gasteiger partial charge in [0, 0.05) is 6.08 Å². The van der Waals surface area contributed by atoms with Gasteiger partial charge in [0.05, 0.1) is 7.11 Å². The Hall–Kier alpha value is -3.35. The lowest BCUT2D eigenvalue weighted by Crippen LogP contribution is -2.43. The van der Waals surface area contributed by atoms with Crippen molar-refractivity contribution in [2.45, 2.75) is 0 Å². The van der Waals surface area contributed by atoms with E-state index in [9.17, 15) is 14.0 Å². The lowest BCUT2D eigenvalue weighted by atomic mass is 10.2. The van der Waals surface area contributed by atoms with Gasteiger partial charge in [-0.1, -0.05) is 24.3 Å². The summed E-state index contributed by atoms with van der Waals surface area (Å²) in [7, 11) is 1.49. The second kappa shape index (κ2) is 9.07. The van der Waals surface area contributed by atoms with Gasteiger partial charge in [-0.3, -0.25) is 20.4 Å². The molecule has 0 unspecified atom stereocenters. The Balaban J connectivity index is 1.76. The molecular weight excluding hydrogens is 327 g/mol. The number of rotatable bonds is 6. The van der Waals surface area contributed by atoms with E-state index in [1.807, 2.05) is 0 Å². The van der Waals surface area contributed by atoms with E-state index in [0.29, 0.717) is 17.1 Å². The van der Waals surface area contributed by atoms with Crippen molar-refractivity contribution in [2.75, 3.05) is 13.7 Å². The molecule has 0 aliphatic carbocycles. The Kier molecular flexibility index (Phi) is 6.53. The van der Waals surface area contributed by atoms with E-state index in [2.05, 4.69) is 10.9 Å². The van der Waals surface area contributed by atoms with Gasteiger partial charge in [-0.2, -0.15) is 0 Å². The molecule has 0 saturated carbocycles. The molecule has 2 N–H and O–H groups in total. The summed E-state index contributed by atoms with van der Waals surface area (Å²) >= 11 is 0. The molecule has 2 aromatic rings. The smallest absolute Gasteiger partial charge is 0.276 e. The van der Waals surface area contributed by atoms with Crippen molar-refractivity contribution in [3.8, 4) is 11.5 Å². The summed E-state index contributed by atoms with van der Waals surface area (Å²) < 4.78 is 23.4. The minimum Gasteiger partial charge on any atom is -0.493 e. The summed E-state index contributed by atoms with van der Waals surface area (Å²) in [5, 5.41) is 0. The van der Waals surface area contributed by atoms with Gasteiger partial charge < -0.3 is 9.47 Å². The molecular formula is C18H17FN2O4. The highest BCUT2D eigenvalue weighted by molar-refractivity contribution is 5.93. The Bertz CT molecular complexity index is 777. The molecule has 25 heavy (non-hydrogen) atoms. The highest BCUT2D eigenvalue weighted by Crippen LogP contribution is 2.25. The number of halogens is 1. The van der Waals surface area contributed by atoms with Crippen molar-refractivity contribution in [3.63, 3.8) is 0 Å². The van der Waals surface area contributed by atoms with Gasteiger partial charge in [0.2, 0.25) is 0 Å². The van der Waals surface area contributed by atoms with Crippen molar-refractivity contribution in [1.29, 1.82) is 0 Å². The second-order valence-electron chi connectivity index (χ2n) is 4.87. The van der Waals surface area contributed by atoms with Crippen LogP contribution in [-0.2, 0) is 9.59 Å². The van der Waals surface area contributed by atoms with Crippen LogP contribution in [0.2, 0.25) is 0 Å². The van der Waals surface area contributed by atoms with Gasteiger partial charge in [0.1, 0.15) is 5.82 Å². The van der Waals surface area contributed by atoms with Crippen LogP contribution in [0.3, 0.4) is 0 Å². The van der Waals surface area contributed by atoms with Crippen LogP contribution in [0.15, 0.2) is 54.6 Å². The second-order valence-corrected chi connectivity index (χ2v) is 4.87. The van der Waals surface area contributed by atoms with Crippen LogP contribution >= 0.6 is 0 Å². The fraction of sp³-hybridized carbons (Fsp3) is 0.111. The maximum absolute atomic E-state index is 13.0. The Morgan fingerprint density at radius 2 is 1.84 bits per heavy atom. The predicted octanol–water partition coefficient (Wildman–Crippen LogP) is 2.07. The van der Waals surface area contributed by atoms with E-state index in [4.69, 9.17) is 9.47 Å². The molecule has 0 aliphatic rings. The van der Waals surface area contributed by atoms with E-state index in [-0.39, 0.29) is 6.61 Å². The SMILES string of the molecule is COc1ccccc1OCC(=O)NNC(=O)/C=C/c1cccc(F)c1. The summed E-state index contributed by atoms with van der Waals surface area (Å²) in [4.78, 5) is 23.3. The average Bonchev–Trinajstić information content (AvgIpc) is 2.63. The molecule has 130 valence electrons. The van der Waals surface area contributed by atoms with Crippen molar-refractivity contribution in [2.24, 2.45) is 0 Å². The molecule has 0 fully saturated rings. The zero-order valence-corrected chi connectivity index (χ0v) is 13.5. The van der Waals surface area contributed by atoms with Crippen LogP contribution in [0.1, 0.15) is 5.56 Å². The zero-order valence-electron chi connectivity index (χ0n) is 13.5. The van der Waals surface area contributed by atoms with Gasteiger partial charge in [-0.25, -0.2) is 4.39 Å². The van der Waals surface area contributed by atoms with Crippen LogP contribution in [0.4, 0.5) is 4.39 Å². The molecule has 0 spiro atoms. The minimum absolute atomic E-state index is 0.297. The average molecular weight is 344 g/mol. The predicted molar refractivity (Wildman–Crippen MR) is 90.2 cm³/mol. The molecule has 0 atom stereocenters. The van der Waals surface area contributed by atoms with Gasteiger partial charge in [-0.15, -0.1) is 0 Å². The third-order valence-electron chi connectivity index (χ3n) is 3.03. The Morgan fingerprint density at radius 3 is 2.56 bits per heavy atom. The first-order valence-electron chi connectivity index (χ1n) is 7.37. The van der Waals surface area contributed by atoms with Crippen molar-refractivity contribution in [1.82, 2.24) is 10.9 Å². The normalized spacial score (nSPS) is 10.3. The molecule has 0 saturated heterocycles. The van der Waals surface area contributed by atoms with E-state index in [0.717, 1.165) is 0 Å². The molecule has 0 aromatic heterocycles. The summed E-state index contributed by atoms with van der Waals surface area (Å²) in [6.07, 6.45) is 2.60. The number of carbonyl (C=O) groups is 2. The molecule has 0 bridgehead atoms. The van der Waals surface area contributed by atoms with E-state index >= 15 is 0 Å². The molecule has 7 heteroatoms. The first-order chi connectivity index (χ1) is 12.1. The third-order valence-corrected chi connectivity index (χ3v) is 3.03. The molecule has 0 heterocycles. The molecule has 6 nitrogen and oxygen atoms in total. The number of nitrogens with one attached hydrogen (secondary N) is 2. The van der Waals surface area contributed by atoms with E-state index in [1.54, 1.807) is 30.3 Å². The fourth-order valence-electron chi connectivity index (χ4n) is 1.87. The number of hydrogen-bond donors (Lipinski definition) is 2. The zero-order chi connectivity index (χ0) is 18.1. The van der Waals surface area contributed by atoms with E-state index < -0.39 is 17.6 Å². The minimum atomic E-state index is -0.560. The van der Waals surface area contributed by atoms with Gasteiger partial charge >= 0.3 is 0 Å². The third kappa shape index (κ3) is 5.98. The summed E-state index contributed by atoms with van der Waals surface area (Å²) in [6, 6.07) is 12.6. The quantitative estimate of drug-likeness (QED) is 0.621. The number of methoxy groups -OCH3 is 1. The monoisotopic (exact) mass is 344 g/mol. The highest BCUT2D eigenvalue weighted by Gasteiger charge is 2.07. The number of carbonyl (C=O) groups excluding carboxylic acids is 2. The van der Waals surface area contributed by atoms with Gasteiger partial charge in [-0.05, 0) is 35.9 Å². The van der Waals surface area contributed by atoms with Crippen molar-refractivity contribution >= 4 is 17.9 Å². The van der Waals surface area contributed by atoms with Crippen molar-refractivity contribution < 1.29 is 23.5 Å². The molecule has 2 amide bonds. The first-order valence-corrected chi connectivity index (χ1v) is 7.37. The maximum Gasteiger partial charge on any atom is 0.276 e. The van der Waals surface area contributed by atoms with Crippen LogP contribution < -0.4 is 20.3 Å². The Morgan fingerprint density at radius 1 is 1.08 bits per heavy atom. The highest BCUT2D eigenvalue weighted by atomic mass is 19.1. The summed E-state index contributed by atoms with van der Waals surface area (Å²) in [6.45, 7) is -0.297. The number of ether oxygens (including phenoxy) is 2.